The summed E-state index contributed by atoms with van der Waals surface area (Å²) in [5, 5.41) is 12.5. The number of nitrogens with zero attached hydrogens (tertiary/aromatic N) is 2. The van der Waals surface area contributed by atoms with E-state index in [2.05, 4.69) is 10.3 Å². The fourth-order valence-corrected chi connectivity index (χ4v) is 3.24. The third-order valence-corrected chi connectivity index (χ3v) is 5.08. The van der Waals surface area contributed by atoms with Gasteiger partial charge >= 0.3 is 6.18 Å². The van der Waals surface area contributed by atoms with Crippen molar-refractivity contribution in [3.63, 3.8) is 0 Å². The van der Waals surface area contributed by atoms with E-state index in [1.165, 1.54) is 12.1 Å². The minimum atomic E-state index is -4.48. The van der Waals surface area contributed by atoms with Crippen LogP contribution < -0.4 is 10.7 Å². The van der Waals surface area contributed by atoms with Crippen molar-refractivity contribution in [2.75, 3.05) is 5.75 Å². The normalized spacial score (nSPS) is 11.8. The van der Waals surface area contributed by atoms with Crippen molar-refractivity contribution in [3.05, 3.63) is 51.4 Å². The number of alkyl halides is 3. The predicted octanol–water partition coefficient (Wildman–Crippen LogP) is 2.97. The SMILES string of the molecule is Cc1cc(=O)c(O)c(CNC(=O)CSc2nc3cc(C(F)(F)F)ccc3o2)n1C. The fourth-order valence-electron chi connectivity index (χ4n) is 2.58. The number of aromatic hydroxyl groups is 1. The summed E-state index contributed by atoms with van der Waals surface area (Å²) in [7, 11) is 1.65. The highest BCUT2D eigenvalue weighted by Crippen LogP contribution is 2.32. The number of thioether (sulfide) groups is 1. The maximum Gasteiger partial charge on any atom is 0.416 e. The van der Waals surface area contributed by atoms with Gasteiger partial charge in [0.05, 0.1) is 23.6 Å². The molecule has 3 rings (SSSR count). The van der Waals surface area contributed by atoms with Crippen LogP contribution >= 0.6 is 11.8 Å². The smallest absolute Gasteiger partial charge is 0.416 e. The third-order valence-electron chi connectivity index (χ3n) is 4.26. The van der Waals surface area contributed by atoms with Crippen LogP contribution in [0, 0.1) is 6.92 Å². The first-order valence-electron chi connectivity index (χ1n) is 8.32. The number of benzene rings is 1. The summed E-state index contributed by atoms with van der Waals surface area (Å²) < 4.78 is 45.2. The van der Waals surface area contributed by atoms with Gasteiger partial charge in [0, 0.05) is 18.8 Å². The second-order valence-corrected chi connectivity index (χ2v) is 7.16. The number of nitrogens with one attached hydrogen (secondary N) is 1. The van der Waals surface area contributed by atoms with Gasteiger partial charge in [0.1, 0.15) is 5.52 Å². The van der Waals surface area contributed by atoms with Crippen molar-refractivity contribution in [2.45, 2.75) is 24.9 Å². The molecule has 0 saturated carbocycles. The largest absolute Gasteiger partial charge is 0.503 e. The summed E-state index contributed by atoms with van der Waals surface area (Å²) in [6.45, 7) is 1.63. The van der Waals surface area contributed by atoms with Crippen LogP contribution in [0.1, 0.15) is 17.0 Å². The van der Waals surface area contributed by atoms with E-state index in [1.54, 1.807) is 18.5 Å². The summed E-state index contributed by atoms with van der Waals surface area (Å²) in [5.74, 6) is -0.980. The zero-order chi connectivity index (χ0) is 21.3. The Kier molecular flexibility index (Phi) is 5.60. The van der Waals surface area contributed by atoms with Crippen LogP contribution in [0.2, 0.25) is 0 Å². The summed E-state index contributed by atoms with van der Waals surface area (Å²) in [6, 6.07) is 4.24. The molecule has 0 fully saturated rings. The molecule has 11 heteroatoms. The maximum atomic E-state index is 12.8. The molecule has 154 valence electrons. The zero-order valence-corrected chi connectivity index (χ0v) is 16.1. The number of hydrogen-bond acceptors (Lipinski definition) is 6. The Morgan fingerprint density at radius 3 is 2.76 bits per heavy atom. The Morgan fingerprint density at radius 1 is 1.34 bits per heavy atom. The molecule has 2 aromatic heterocycles. The number of fused-ring (bicyclic) bond motifs is 1. The van der Waals surface area contributed by atoms with Gasteiger partial charge in [-0.25, -0.2) is 4.98 Å². The van der Waals surface area contributed by atoms with E-state index in [9.17, 15) is 27.9 Å². The van der Waals surface area contributed by atoms with Crippen LogP contribution in [0.3, 0.4) is 0 Å². The molecule has 3 aromatic rings. The lowest BCUT2D eigenvalue weighted by Crippen LogP contribution is -2.27. The van der Waals surface area contributed by atoms with E-state index >= 15 is 0 Å². The Hall–Kier alpha value is -2.95. The quantitative estimate of drug-likeness (QED) is 0.608. The van der Waals surface area contributed by atoms with Gasteiger partial charge in [-0.05, 0) is 25.1 Å². The van der Waals surface area contributed by atoms with E-state index in [1.807, 2.05) is 0 Å². The van der Waals surface area contributed by atoms with Crippen LogP contribution in [0.4, 0.5) is 13.2 Å². The summed E-state index contributed by atoms with van der Waals surface area (Å²) in [4.78, 5) is 27.7. The summed E-state index contributed by atoms with van der Waals surface area (Å²) in [6.07, 6.45) is -4.48. The van der Waals surface area contributed by atoms with Gasteiger partial charge in [0.25, 0.3) is 5.22 Å². The predicted molar refractivity (Wildman–Crippen MR) is 99.7 cm³/mol. The standard InChI is InChI=1S/C18H16F3N3O4S/c1-9-5-13(25)16(27)12(24(9)2)7-22-15(26)8-29-17-23-11-6-10(18(19,20)21)3-4-14(11)28-17/h3-6,27H,7-8H2,1-2H3,(H,22,26). The van der Waals surface area contributed by atoms with Crippen molar-refractivity contribution < 1.29 is 27.5 Å². The van der Waals surface area contributed by atoms with Gasteiger partial charge in [0.15, 0.2) is 11.3 Å². The lowest BCUT2D eigenvalue weighted by atomic mass is 10.2. The van der Waals surface area contributed by atoms with Crippen molar-refractivity contribution in [2.24, 2.45) is 7.05 Å². The number of pyridine rings is 1. The highest BCUT2D eigenvalue weighted by Gasteiger charge is 2.31. The van der Waals surface area contributed by atoms with Gasteiger partial charge in [-0.3, -0.25) is 9.59 Å². The third kappa shape index (κ3) is 4.56. The molecule has 2 heterocycles. The molecule has 0 aliphatic rings. The van der Waals surface area contributed by atoms with E-state index in [0.29, 0.717) is 5.69 Å². The van der Waals surface area contributed by atoms with Crippen molar-refractivity contribution in [1.82, 2.24) is 14.9 Å². The molecule has 0 bridgehead atoms. The van der Waals surface area contributed by atoms with Crippen molar-refractivity contribution >= 4 is 28.8 Å². The minimum absolute atomic E-state index is 0.0439. The molecule has 0 spiro atoms. The van der Waals surface area contributed by atoms with Crippen LogP contribution in [-0.2, 0) is 24.6 Å². The molecule has 0 aliphatic heterocycles. The first kappa shape index (κ1) is 20.8. The average molecular weight is 427 g/mol. The molecule has 7 nitrogen and oxygen atoms in total. The Bertz CT molecular complexity index is 1140. The number of aromatic nitrogens is 2. The molecule has 0 atom stereocenters. The fraction of sp³-hybridized carbons (Fsp3) is 0.278. The van der Waals surface area contributed by atoms with Crippen LogP contribution in [-0.4, -0.2) is 26.3 Å². The number of hydrogen-bond donors (Lipinski definition) is 2. The van der Waals surface area contributed by atoms with Crippen LogP contribution in [0.25, 0.3) is 11.1 Å². The van der Waals surface area contributed by atoms with Gasteiger partial charge in [-0.15, -0.1) is 0 Å². The lowest BCUT2D eigenvalue weighted by molar-refractivity contribution is -0.137. The first-order chi connectivity index (χ1) is 13.6. The molecular formula is C18H16F3N3O4S. The lowest BCUT2D eigenvalue weighted by Gasteiger charge is -2.14. The maximum absolute atomic E-state index is 12.8. The number of amides is 1. The van der Waals surface area contributed by atoms with Gasteiger partial charge < -0.3 is 19.4 Å². The number of carbonyl (C=O) groups is 1. The summed E-state index contributed by atoms with van der Waals surface area (Å²) in [5.41, 5.74) is -0.269. The molecule has 2 N–H and O–H groups in total. The summed E-state index contributed by atoms with van der Waals surface area (Å²) >= 11 is 0.915. The zero-order valence-electron chi connectivity index (χ0n) is 15.3. The average Bonchev–Trinajstić information content (AvgIpc) is 3.06. The second kappa shape index (κ2) is 7.82. The van der Waals surface area contributed by atoms with Gasteiger partial charge in [0.2, 0.25) is 11.3 Å². The van der Waals surface area contributed by atoms with Gasteiger partial charge in [-0.1, -0.05) is 11.8 Å². The highest BCUT2D eigenvalue weighted by molar-refractivity contribution is 7.99. The molecule has 0 saturated heterocycles. The van der Waals surface area contributed by atoms with Crippen molar-refractivity contribution in [1.29, 1.82) is 0 Å². The molecule has 1 aromatic carbocycles. The molecule has 29 heavy (non-hydrogen) atoms. The number of aryl methyl sites for hydroxylation is 1. The topological polar surface area (TPSA) is 97.4 Å². The van der Waals surface area contributed by atoms with Crippen molar-refractivity contribution in [3.8, 4) is 5.75 Å². The van der Waals surface area contributed by atoms with E-state index in [-0.39, 0.29) is 34.3 Å². The molecular weight excluding hydrogens is 411 g/mol. The minimum Gasteiger partial charge on any atom is -0.503 e. The number of rotatable bonds is 5. The second-order valence-electron chi connectivity index (χ2n) is 6.23. The molecule has 0 radical (unpaired) electrons. The van der Waals surface area contributed by atoms with E-state index in [4.69, 9.17) is 4.42 Å². The number of carbonyl (C=O) groups excluding carboxylic acids is 1. The molecule has 0 unspecified atom stereocenters. The van der Waals surface area contributed by atoms with Crippen LogP contribution in [0.15, 0.2) is 38.7 Å². The Morgan fingerprint density at radius 2 is 2.07 bits per heavy atom. The van der Waals surface area contributed by atoms with E-state index in [0.717, 1.165) is 23.9 Å². The number of halogens is 3. The number of oxazole rings is 1. The van der Waals surface area contributed by atoms with Gasteiger partial charge in [-0.2, -0.15) is 13.2 Å². The first-order valence-corrected chi connectivity index (χ1v) is 9.30. The highest BCUT2D eigenvalue weighted by atomic mass is 32.2. The monoisotopic (exact) mass is 427 g/mol. The Balaban J connectivity index is 1.63. The Labute approximate surface area is 166 Å². The van der Waals surface area contributed by atoms with Crippen LogP contribution in [0.5, 0.6) is 5.75 Å². The molecule has 0 aliphatic carbocycles. The van der Waals surface area contributed by atoms with E-state index < -0.39 is 28.8 Å². The molecule has 1 amide bonds.